The Labute approximate surface area is 111 Å². The molecule has 0 aliphatic heterocycles. The van der Waals surface area contributed by atoms with E-state index in [4.69, 9.17) is 9.84 Å². The molecule has 1 aromatic heterocycles. The van der Waals surface area contributed by atoms with Gasteiger partial charge in [0.2, 0.25) is 0 Å². The molecular weight excluding hydrogens is 244 g/mol. The molecule has 1 aromatic carbocycles. The van der Waals surface area contributed by atoms with Gasteiger partial charge in [-0.15, -0.1) is 0 Å². The standard InChI is InChI=1S/C14H16N2O3/c1-3-10-4-5-13(19-2)11(6-10)12-7-15-9-16(12)8-14(17)18/h4-7,9H,3,8H2,1-2H3,(H,17,18). The topological polar surface area (TPSA) is 64.4 Å². The lowest BCUT2D eigenvalue weighted by atomic mass is 10.1. The molecule has 2 aromatic rings. The monoisotopic (exact) mass is 260 g/mol. The molecule has 0 aliphatic rings. The summed E-state index contributed by atoms with van der Waals surface area (Å²) in [6.07, 6.45) is 4.08. The first-order valence-electron chi connectivity index (χ1n) is 6.05. The average molecular weight is 260 g/mol. The maximum Gasteiger partial charge on any atom is 0.323 e. The van der Waals surface area contributed by atoms with Crippen LogP contribution in [-0.2, 0) is 17.8 Å². The first-order chi connectivity index (χ1) is 9.15. The highest BCUT2D eigenvalue weighted by Gasteiger charge is 2.13. The summed E-state index contributed by atoms with van der Waals surface area (Å²) in [5, 5.41) is 8.90. The van der Waals surface area contributed by atoms with E-state index in [1.165, 1.54) is 11.9 Å². The van der Waals surface area contributed by atoms with Crippen LogP contribution in [0, 0.1) is 0 Å². The lowest BCUT2D eigenvalue weighted by Crippen LogP contribution is -2.09. The van der Waals surface area contributed by atoms with Gasteiger partial charge in [0.25, 0.3) is 0 Å². The minimum Gasteiger partial charge on any atom is -0.496 e. The number of aryl methyl sites for hydroxylation is 1. The average Bonchev–Trinajstić information content (AvgIpc) is 2.85. The number of aliphatic carboxylic acids is 1. The third-order valence-electron chi connectivity index (χ3n) is 2.97. The molecule has 1 heterocycles. The predicted octanol–water partition coefficient (Wildman–Crippen LogP) is 2.21. The van der Waals surface area contributed by atoms with Gasteiger partial charge in [-0.3, -0.25) is 4.79 Å². The lowest BCUT2D eigenvalue weighted by Gasteiger charge is -2.11. The maximum absolute atomic E-state index is 10.8. The van der Waals surface area contributed by atoms with Crippen LogP contribution in [0.3, 0.4) is 0 Å². The quantitative estimate of drug-likeness (QED) is 0.895. The lowest BCUT2D eigenvalue weighted by molar-refractivity contribution is -0.137. The zero-order chi connectivity index (χ0) is 13.8. The van der Waals surface area contributed by atoms with Crippen molar-refractivity contribution in [1.29, 1.82) is 0 Å². The number of imidazole rings is 1. The molecule has 100 valence electrons. The van der Waals surface area contributed by atoms with Crippen molar-refractivity contribution >= 4 is 5.97 Å². The smallest absolute Gasteiger partial charge is 0.323 e. The van der Waals surface area contributed by atoms with Gasteiger partial charge in [0.05, 0.1) is 25.3 Å². The SMILES string of the molecule is CCc1ccc(OC)c(-c2cncn2CC(=O)O)c1. The highest BCUT2D eigenvalue weighted by molar-refractivity contribution is 5.71. The summed E-state index contributed by atoms with van der Waals surface area (Å²) in [5.74, 6) is -0.186. The van der Waals surface area contributed by atoms with E-state index in [0.29, 0.717) is 5.75 Å². The molecule has 0 amide bonds. The molecule has 0 atom stereocenters. The molecule has 0 bridgehead atoms. The van der Waals surface area contributed by atoms with Crippen molar-refractivity contribution in [1.82, 2.24) is 9.55 Å². The van der Waals surface area contributed by atoms with Crippen LogP contribution in [0.4, 0.5) is 0 Å². The zero-order valence-corrected chi connectivity index (χ0v) is 11.0. The Morgan fingerprint density at radius 2 is 2.26 bits per heavy atom. The Hall–Kier alpha value is -2.30. The fraction of sp³-hybridized carbons (Fsp3) is 0.286. The van der Waals surface area contributed by atoms with E-state index in [1.807, 2.05) is 18.2 Å². The van der Waals surface area contributed by atoms with Crippen LogP contribution in [0.25, 0.3) is 11.3 Å². The Kier molecular flexibility index (Phi) is 3.85. The van der Waals surface area contributed by atoms with Crippen LogP contribution < -0.4 is 4.74 Å². The van der Waals surface area contributed by atoms with Crippen molar-refractivity contribution in [2.75, 3.05) is 7.11 Å². The Balaban J connectivity index is 2.51. The number of hydrogen-bond acceptors (Lipinski definition) is 3. The minimum atomic E-state index is -0.898. The van der Waals surface area contributed by atoms with Crippen LogP contribution in [0.2, 0.25) is 0 Å². The third kappa shape index (κ3) is 2.76. The van der Waals surface area contributed by atoms with E-state index >= 15 is 0 Å². The second-order valence-corrected chi connectivity index (χ2v) is 4.19. The number of rotatable bonds is 5. The summed E-state index contributed by atoms with van der Waals surface area (Å²) in [7, 11) is 1.60. The predicted molar refractivity (Wildman–Crippen MR) is 71.2 cm³/mol. The van der Waals surface area contributed by atoms with Gasteiger partial charge in [-0.1, -0.05) is 13.0 Å². The summed E-state index contributed by atoms with van der Waals surface area (Å²) < 4.78 is 6.94. The van der Waals surface area contributed by atoms with Gasteiger partial charge in [-0.25, -0.2) is 4.98 Å². The Bertz CT molecular complexity index is 590. The molecule has 5 heteroatoms. The fourth-order valence-corrected chi connectivity index (χ4v) is 1.99. The van der Waals surface area contributed by atoms with Crippen LogP contribution in [-0.4, -0.2) is 27.7 Å². The van der Waals surface area contributed by atoms with E-state index in [0.717, 1.165) is 17.7 Å². The number of ether oxygens (including phenoxy) is 1. The number of carbonyl (C=O) groups is 1. The number of hydrogen-bond donors (Lipinski definition) is 1. The van der Waals surface area contributed by atoms with Crippen LogP contribution in [0.1, 0.15) is 12.5 Å². The van der Waals surface area contributed by atoms with E-state index < -0.39 is 5.97 Å². The molecule has 2 rings (SSSR count). The molecule has 0 unspecified atom stereocenters. The summed E-state index contributed by atoms with van der Waals surface area (Å²) >= 11 is 0. The molecule has 5 nitrogen and oxygen atoms in total. The second kappa shape index (κ2) is 5.56. The van der Waals surface area contributed by atoms with Crippen LogP contribution in [0.15, 0.2) is 30.7 Å². The van der Waals surface area contributed by atoms with E-state index in [9.17, 15) is 4.79 Å². The molecule has 0 radical (unpaired) electrons. The Morgan fingerprint density at radius 3 is 2.89 bits per heavy atom. The Morgan fingerprint density at radius 1 is 1.47 bits per heavy atom. The molecule has 0 spiro atoms. The molecule has 0 saturated carbocycles. The maximum atomic E-state index is 10.8. The summed E-state index contributed by atoms with van der Waals surface area (Å²) in [5.41, 5.74) is 2.77. The number of carboxylic acid groups (broad SMARTS) is 1. The number of carboxylic acids is 1. The van der Waals surface area contributed by atoms with E-state index in [2.05, 4.69) is 11.9 Å². The van der Waals surface area contributed by atoms with Crippen molar-refractivity contribution in [2.45, 2.75) is 19.9 Å². The van der Waals surface area contributed by atoms with Gasteiger partial charge in [0.15, 0.2) is 0 Å². The first-order valence-corrected chi connectivity index (χ1v) is 6.05. The third-order valence-corrected chi connectivity index (χ3v) is 2.97. The summed E-state index contributed by atoms with van der Waals surface area (Å²) in [6, 6.07) is 5.90. The van der Waals surface area contributed by atoms with Crippen molar-refractivity contribution in [3.8, 4) is 17.0 Å². The van der Waals surface area contributed by atoms with Gasteiger partial charge in [0.1, 0.15) is 12.3 Å². The number of benzene rings is 1. The zero-order valence-electron chi connectivity index (χ0n) is 11.0. The number of nitrogens with zero attached hydrogens (tertiary/aromatic N) is 2. The molecule has 1 N–H and O–H groups in total. The minimum absolute atomic E-state index is 0.116. The molecule has 19 heavy (non-hydrogen) atoms. The van der Waals surface area contributed by atoms with Crippen LogP contribution >= 0.6 is 0 Å². The van der Waals surface area contributed by atoms with Gasteiger partial charge >= 0.3 is 5.97 Å². The fourth-order valence-electron chi connectivity index (χ4n) is 1.99. The second-order valence-electron chi connectivity index (χ2n) is 4.19. The van der Waals surface area contributed by atoms with Crippen LogP contribution in [0.5, 0.6) is 5.75 Å². The van der Waals surface area contributed by atoms with Gasteiger partial charge in [0, 0.05) is 5.56 Å². The van der Waals surface area contributed by atoms with Crippen molar-refractivity contribution in [2.24, 2.45) is 0 Å². The molecule has 0 aliphatic carbocycles. The number of methoxy groups -OCH3 is 1. The summed E-state index contributed by atoms with van der Waals surface area (Å²) in [6.45, 7) is 1.95. The molecule has 0 saturated heterocycles. The van der Waals surface area contributed by atoms with E-state index in [-0.39, 0.29) is 6.54 Å². The summed E-state index contributed by atoms with van der Waals surface area (Å²) in [4.78, 5) is 14.9. The first kappa shape index (κ1) is 13.1. The molecule has 0 fully saturated rings. The highest BCUT2D eigenvalue weighted by Crippen LogP contribution is 2.30. The van der Waals surface area contributed by atoms with E-state index in [1.54, 1.807) is 17.9 Å². The van der Waals surface area contributed by atoms with Gasteiger partial charge in [-0.2, -0.15) is 0 Å². The van der Waals surface area contributed by atoms with Gasteiger partial charge in [-0.05, 0) is 24.1 Å². The molecular formula is C14H16N2O3. The van der Waals surface area contributed by atoms with Crippen molar-refractivity contribution in [3.63, 3.8) is 0 Å². The van der Waals surface area contributed by atoms with Crippen molar-refractivity contribution in [3.05, 3.63) is 36.3 Å². The number of aromatic nitrogens is 2. The van der Waals surface area contributed by atoms with Crippen molar-refractivity contribution < 1.29 is 14.6 Å². The van der Waals surface area contributed by atoms with Gasteiger partial charge < -0.3 is 14.4 Å². The highest BCUT2D eigenvalue weighted by atomic mass is 16.5. The largest absolute Gasteiger partial charge is 0.496 e. The normalized spacial score (nSPS) is 10.4.